The van der Waals surface area contributed by atoms with E-state index in [2.05, 4.69) is 20.6 Å². The molecule has 0 saturated carbocycles. The molecule has 1 amide bonds. The minimum atomic E-state index is -0.566. The molecule has 0 radical (unpaired) electrons. The Morgan fingerprint density at radius 3 is 2.68 bits per heavy atom. The summed E-state index contributed by atoms with van der Waals surface area (Å²) < 4.78 is 14.2. The molecule has 0 atom stereocenters. The highest BCUT2D eigenvalue weighted by Gasteiger charge is 2.29. The first-order valence-electron chi connectivity index (χ1n) is 9.88. The summed E-state index contributed by atoms with van der Waals surface area (Å²) in [5.41, 5.74) is 3.09. The molecule has 1 aromatic carbocycles. The third-order valence-corrected chi connectivity index (χ3v) is 5.81. The number of aromatic nitrogens is 2. The Morgan fingerprint density at radius 1 is 1.26 bits per heavy atom. The molecule has 0 unspecified atom stereocenters. The molecule has 0 bridgehead atoms. The van der Waals surface area contributed by atoms with Gasteiger partial charge in [-0.2, -0.15) is 0 Å². The number of halogens is 1. The largest absolute Gasteiger partial charge is 0.365 e. The van der Waals surface area contributed by atoms with E-state index in [4.69, 9.17) is 10.8 Å². The highest BCUT2D eigenvalue weighted by Crippen LogP contribution is 2.44. The van der Waals surface area contributed by atoms with Gasteiger partial charge in [-0.15, -0.1) is 0 Å². The molecule has 0 saturated heterocycles. The lowest BCUT2D eigenvalue weighted by Crippen LogP contribution is -2.28. The zero-order valence-corrected chi connectivity index (χ0v) is 18.7. The van der Waals surface area contributed by atoms with Crippen LogP contribution >= 0.6 is 11.8 Å². The van der Waals surface area contributed by atoms with E-state index < -0.39 is 11.7 Å². The van der Waals surface area contributed by atoms with Gasteiger partial charge in [0.25, 0.3) is 5.91 Å². The van der Waals surface area contributed by atoms with Crippen LogP contribution in [0.2, 0.25) is 0 Å². The van der Waals surface area contributed by atoms with Crippen LogP contribution in [0.5, 0.6) is 0 Å². The maximum Gasteiger partial charge on any atom is 0.254 e. The van der Waals surface area contributed by atoms with Gasteiger partial charge in [-0.25, -0.2) is 14.4 Å². The van der Waals surface area contributed by atoms with Crippen LogP contribution in [0.1, 0.15) is 49.3 Å². The second kappa shape index (κ2) is 9.38. The highest BCUT2D eigenvalue weighted by atomic mass is 32.2. The van der Waals surface area contributed by atoms with E-state index in [-0.39, 0.29) is 11.5 Å². The fraction of sp³-hybridized carbons (Fsp3) is 0.318. The molecule has 31 heavy (non-hydrogen) atoms. The van der Waals surface area contributed by atoms with Crippen LogP contribution < -0.4 is 10.6 Å². The summed E-state index contributed by atoms with van der Waals surface area (Å²) in [4.78, 5) is 21.6. The van der Waals surface area contributed by atoms with Gasteiger partial charge in [-0.05, 0) is 43.0 Å². The molecular formula is C22H25FN6OS. The molecule has 3 rings (SSSR count). The van der Waals surface area contributed by atoms with E-state index in [0.29, 0.717) is 46.5 Å². The normalized spacial score (nSPS) is 14.5. The van der Waals surface area contributed by atoms with Gasteiger partial charge in [0.2, 0.25) is 0 Å². The van der Waals surface area contributed by atoms with Gasteiger partial charge >= 0.3 is 0 Å². The third kappa shape index (κ3) is 4.99. The minimum absolute atomic E-state index is 0.00585. The molecule has 0 spiro atoms. The summed E-state index contributed by atoms with van der Waals surface area (Å²) in [6.45, 7) is 8.23. The Labute approximate surface area is 185 Å². The number of thioether (sulfide) groups is 1. The maximum atomic E-state index is 14.2. The van der Waals surface area contributed by atoms with Crippen molar-refractivity contribution < 1.29 is 9.18 Å². The Kier molecular flexibility index (Phi) is 6.84. The number of nitrogens with one attached hydrogen (secondary N) is 4. The molecule has 1 aliphatic heterocycles. The first-order valence-corrected chi connectivity index (χ1v) is 10.7. The Morgan fingerprint density at radius 2 is 2.00 bits per heavy atom. The van der Waals surface area contributed by atoms with Crippen molar-refractivity contribution in [1.82, 2.24) is 15.3 Å². The van der Waals surface area contributed by atoms with Crippen molar-refractivity contribution in [1.29, 1.82) is 10.8 Å². The van der Waals surface area contributed by atoms with E-state index >= 15 is 0 Å². The lowest BCUT2D eigenvalue weighted by Gasteiger charge is -2.12. The molecule has 1 aromatic heterocycles. The summed E-state index contributed by atoms with van der Waals surface area (Å²) in [6, 6.07) is 4.43. The first-order chi connectivity index (χ1) is 14.7. The van der Waals surface area contributed by atoms with Crippen LogP contribution in [-0.4, -0.2) is 33.2 Å². The number of fused-ring (bicyclic) bond motifs is 1. The van der Waals surface area contributed by atoms with Gasteiger partial charge in [0.15, 0.2) is 0 Å². The minimum Gasteiger partial charge on any atom is -0.365 e. The van der Waals surface area contributed by atoms with Crippen LogP contribution in [0, 0.1) is 22.6 Å². The molecule has 2 aromatic rings. The van der Waals surface area contributed by atoms with E-state index in [1.165, 1.54) is 30.2 Å². The summed E-state index contributed by atoms with van der Waals surface area (Å²) in [6.07, 6.45) is 1.42. The molecule has 2 heterocycles. The molecule has 0 fully saturated rings. The SMILES string of the molecule is CC(=N)/C(C)=C1\C(=N)Sc2c(NCc3ccc(F)c(C(=O)NCC(C)C)c3)ncnc21. The van der Waals surface area contributed by atoms with Crippen molar-refractivity contribution in [3.05, 3.63) is 52.7 Å². The molecular weight excluding hydrogens is 415 g/mol. The number of carbonyl (C=O) groups is 1. The van der Waals surface area contributed by atoms with Gasteiger partial charge in [0, 0.05) is 24.4 Å². The standard InChI is InChI=1S/C22H25FN6OS/c1-11(2)8-27-22(30)15-7-14(5-6-16(15)23)9-26-21-19-18(28-10-29-21)17(20(25)31-19)12(3)13(4)24/h5-7,10-11,24-25H,8-9H2,1-4H3,(H,27,30)(H,26,28,29)/b17-12-,24-13?,25-20?. The first kappa shape index (κ1) is 22.6. The van der Waals surface area contributed by atoms with Gasteiger partial charge in [0.1, 0.15) is 23.0 Å². The summed E-state index contributed by atoms with van der Waals surface area (Å²) in [5.74, 6) is -0.177. The number of rotatable bonds is 7. The zero-order chi connectivity index (χ0) is 22.7. The average molecular weight is 441 g/mol. The number of benzene rings is 1. The van der Waals surface area contributed by atoms with Crippen LogP contribution in [0.15, 0.2) is 35.0 Å². The fourth-order valence-corrected chi connectivity index (χ4v) is 4.03. The van der Waals surface area contributed by atoms with Crippen LogP contribution in [0.4, 0.5) is 10.2 Å². The van der Waals surface area contributed by atoms with Crippen molar-refractivity contribution in [2.24, 2.45) is 5.92 Å². The van der Waals surface area contributed by atoms with Gasteiger partial charge in [-0.3, -0.25) is 10.2 Å². The van der Waals surface area contributed by atoms with Gasteiger partial charge in [0.05, 0.1) is 16.2 Å². The molecule has 4 N–H and O–H groups in total. The Hall–Kier alpha value is -3.07. The zero-order valence-electron chi connectivity index (χ0n) is 17.9. The number of anilines is 1. The molecule has 7 nitrogen and oxygen atoms in total. The lowest BCUT2D eigenvalue weighted by molar-refractivity contribution is 0.0945. The van der Waals surface area contributed by atoms with Gasteiger partial charge < -0.3 is 16.0 Å². The van der Waals surface area contributed by atoms with Crippen LogP contribution in [-0.2, 0) is 6.54 Å². The maximum absolute atomic E-state index is 14.2. The topological polar surface area (TPSA) is 115 Å². The highest BCUT2D eigenvalue weighted by molar-refractivity contribution is 8.15. The monoisotopic (exact) mass is 440 g/mol. The molecule has 0 aliphatic carbocycles. The van der Waals surface area contributed by atoms with Crippen LogP contribution in [0.25, 0.3) is 5.57 Å². The fourth-order valence-electron chi connectivity index (χ4n) is 3.00. The number of hydrogen-bond acceptors (Lipinski definition) is 7. The third-order valence-electron chi connectivity index (χ3n) is 4.82. The van der Waals surface area contributed by atoms with E-state index in [1.54, 1.807) is 19.9 Å². The number of amides is 1. The van der Waals surface area contributed by atoms with E-state index in [1.807, 2.05) is 13.8 Å². The number of carbonyl (C=O) groups excluding carboxylic acids is 1. The predicted octanol–water partition coefficient (Wildman–Crippen LogP) is 4.51. The smallest absolute Gasteiger partial charge is 0.254 e. The van der Waals surface area contributed by atoms with E-state index in [9.17, 15) is 9.18 Å². The van der Waals surface area contributed by atoms with Crippen molar-refractivity contribution in [2.75, 3.05) is 11.9 Å². The van der Waals surface area contributed by atoms with Crippen LogP contribution in [0.3, 0.4) is 0 Å². The number of hydrogen-bond donors (Lipinski definition) is 4. The molecule has 1 aliphatic rings. The second-order valence-corrected chi connectivity index (χ2v) is 8.75. The Balaban J connectivity index is 1.82. The van der Waals surface area contributed by atoms with Crippen molar-refractivity contribution in [2.45, 2.75) is 39.1 Å². The molecule has 9 heteroatoms. The Bertz CT molecular complexity index is 1100. The quantitative estimate of drug-likeness (QED) is 0.473. The lowest BCUT2D eigenvalue weighted by atomic mass is 10.0. The summed E-state index contributed by atoms with van der Waals surface area (Å²) in [7, 11) is 0. The van der Waals surface area contributed by atoms with Gasteiger partial charge in [-0.1, -0.05) is 31.7 Å². The predicted molar refractivity (Wildman–Crippen MR) is 123 cm³/mol. The second-order valence-electron chi connectivity index (χ2n) is 7.73. The number of nitrogens with zero attached hydrogens (tertiary/aromatic N) is 2. The van der Waals surface area contributed by atoms with Crippen molar-refractivity contribution in [3.8, 4) is 0 Å². The van der Waals surface area contributed by atoms with Crippen molar-refractivity contribution >= 4 is 39.8 Å². The molecule has 162 valence electrons. The van der Waals surface area contributed by atoms with E-state index in [0.717, 1.165) is 10.5 Å². The summed E-state index contributed by atoms with van der Waals surface area (Å²) >= 11 is 1.24. The number of allylic oxidation sites excluding steroid dienone is 1. The van der Waals surface area contributed by atoms with Crippen molar-refractivity contribution in [3.63, 3.8) is 0 Å². The average Bonchev–Trinajstić information content (AvgIpc) is 3.06. The summed E-state index contributed by atoms with van der Waals surface area (Å²) in [5, 5.41) is 22.5.